The van der Waals surface area contributed by atoms with Crippen LogP contribution in [0.1, 0.15) is 103 Å². The molecule has 0 saturated heterocycles. The Morgan fingerprint density at radius 1 is 0.756 bits per heavy atom. The SMILES string of the molecule is CCCC[P+](CCCC)(CCCC)Cc1ccc(NC(=O)[C@H](Cc2ccc3ccccc3c2)NC(=O)NC2CCCCC2)cc1. The number of rotatable bonds is 17. The Balaban J connectivity index is 1.47. The molecular weight excluding hydrogens is 573 g/mol. The minimum atomic E-state index is -1.06. The van der Waals surface area contributed by atoms with Gasteiger partial charge < -0.3 is 16.0 Å². The highest BCUT2D eigenvalue weighted by Crippen LogP contribution is 2.63. The first kappa shape index (κ1) is 35.0. The highest BCUT2D eigenvalue weighted by molar-refractivity contribution is 7.75. The van der Waals surface area contributed by atoms with Crippen molar-refractivity contribution in [1.82, 2.24) is 10.6 Å². The van der Waals surface area contributed by atoms with Gasteiger partial charge in [0.15, 0.2) is 0 Å². The molecule has 0 aromatic heterocycles. The second kappa shape index (κ2) is 18.3. The predicted octanol–water partition coefficient (Wildman–Crippen LogP) is 9.94. The summed E-state index contributed by atoms with van der Waals surface area (Å²) >= 11 is 0. The van der Waals surface area contributed by atoms with E-state index < -0.39 is 13.3 Å². The summed E-state index contributed by atoms with van der Waals surface area (Å²) in [7, 11) is -1.06. The molecule has 0 aliphatic heterocycles. The Morgan fingerprint density at radius 3 is 1.98 bits per heavy atom. The third kappa shape index (κ3) is 11.1. The monoisotopic (exact) mass is 630 g/mol. The molecule has 1 atom stereocenters. The van der Waals surface area contributed by atoms with Crippen LogP contribution in [0.3, 0.4) is 0 Å². The molecule has 0 unspecified atom stereocenters. The zero-order chi connectivity index (χ0) is 31.9. The molecule has 0 heterocycles. The smallest absolute Gasteiger partial charge is 0.315 e. The standard InChI is InChI=1S/C39H56N3O2P/c1-4-7-25-45(26-8-5-2,27-9-6-3)30-31-20-23-36(24-21-31)40-38(43)37(42-39(44)41-35-17-11-10-12-18-35)29-32-19-22-33-15-13-14-16-34(33)28-32/h13-16,19-24,28,35,37H,4-12,17-18,25-27,29-30H2,1-3H3,(H2-,40,41,42,43,44)/p+1/t37-/m0/s1. The first-order valence-corrected chi connectivity index (χ1v) is 20.3. The van der Waals surface area contributed by atoms with E-state index in [0.29, 0.717) is 6.42 Å². The van der Waals surface area contributed by atoms with Crippen molar-refractivity contribution >= 4 is 35.7 Å². The average molecular weight is 631 g/mol. The summed E-state index contributed by atoms with van der Waals surface area (Å²) in [5.41, 5.74) is 3.19. The number of fused-ring (bicyclic) bond motifs is 1. The van der Waals surface area contributed by atoms with Crippen molar-refractivity contribution < 1.29 is 9.59 Å². The van der Waals surface area contributed by atoms with Gasteiger partial charge in [-0.3, -0.25) is 4.79 Å². The zero-order valence-corrected chi connectivity index (χ0v) is 29.0. The maximum Gasteiger partial charge on any atom is 0.315 e. The summed E-state index contributed by atoms with van der Waals surface area (Å²) in [5, 5.41) is 11.6. The Labute approximate surface area is 273 Å². The number of urea groups is 1. The van der Waals surface area contributed by atoms with E-state index in [1.807, 2.05) is 12.1 Å². The van der Waals surface area contributed by atoms with Gasteiger partial charge in [0.25, 0.3) is 0 Å². The van der Waals surface area contributed by atoms with Crippen LogP contribution in [0.4, 0.5) is 10.5 Å². The molecule has 45 heavy (non-hydrogen) atoms. The van der Waals surface area contributed by atoms with Gasteiger partial charge in [-0.25, -0.2) is 4.79 Å². The van der Waals surface area contributed by atoms with E-state index in [4.69, 9.17) is 0 Å². The van der Waals surface area contributed by atoms with Crippen LogP contribution >= 0.6 is 7.26 Å². The highest BCUT2D eigenvalue weighted by atomic mass is 31.2. The van der Waals surface area contributed by atoms with E-state index >= 15 is 0 Å². The molecule has 1 fully saturated rings. The van der Waals surface area contributed by atoms with Gasteiger partial charge in [0.05, 0.1) is 24.6 Å². The number of nitrogens with one attached hydrogen (secondary N) is 3. The topological polar surface area (TPSA) is 70.2 Å². The molecule has 4 rings (SSSR count). The van der Waals surface area contributed by atoms with E-state index in [2.05, 4.69) is 91.3 Å². The Hall–Kier alpha value is -2.91. The quantitative estimate of drug-likeness (QED) is 0.130. The molecule has 5 nitrogen and oxygen atoms in total. The summed E-state index contributed by atoms with van der Waals surface area (Å²) < 4.78 is 0. The van der Waals surface area contributed by atoms with Crippen LogP contribution < -0.4 is 16.0 Å². The second-order valence-electron chi connectivity index (χ2n) is 13.3. The molecule has 244 valence electrons. The number of carbonyl (C=O) groups excluding carboxylic acids is 2. The largest absolute Gasteiger partial charge is 0.335 e. The van der Waals surface area contributed by atoms with Gasteiger partial charge in [-0.2, -0.15) is 0 Å². The molecule has 3 aromatic carbocycles. The molecule has 0 spiro atoms. The van der Waals surface area contributed by atoms with Gasteiger partial charge in [-0.1, -0.05) is 114 Å². The number of hydrogen-bond acceptors (Lipinski definition) is 2. The molecule has 1 aliphatic carbocycles. The van der Waals surface area contributed by atoms with Crippen molar-refractivity contribution in [3.8, 4) is 0 Å². The van der Waals surface area contributed by atoms with Crippen molar-refractivity contribution in [3.05, 3.63) is 77.9 Å². The Kier molecular flexibility index (Phi) is 14.2. The van der Waals surface area contributed by atoms with Crippen molar-refractivity contribution in [2.75, 3.05) is 23.8 Å². The Bertz CT molecular complexity index is 1310. The first-order chi connectivity index (χ1) is 21.9. The number of hydrogen-bond donors (Lipinski definition) is 3. The maximum atomic E-state index is 13.7. The molecule has 1 aliphatic rings. The van der Waals surface area contributed by atoms with Crippen LogP contribution in [0.2, 0.25) is 0 Å². The number of benzene rings is 3. The highest BCUT2D eigenvalue weighted by Gasteiger charge is 2.35. The van der Waals surface area contributed by atoms with Gasteiger partial charge >= 0.3 is 6.03 Å². The lowest BCUT2D eigenvalue weighted by atomic mass is 9.96. The van der Waals surface area contributed by atoms with Crippen molar-refractivity contribution in [2.45, 2.75) is 116 Å². The van der Waals surface area contributed by atoms with Gasteiger partial charge in [0.2, 0.25) is 5.91 Å². The van der Waals surface area contributed by atoms with Crippen molar-refractivity contribution in [1.29, 1.82) is 0 Å². The van der Waals surface area contributed by atoms with Crippen molar-refractivity contribution in [3.63, 3.8) is 0 Å². The molecule has 3 amide bonds. The fourth-order valence-corrected chi connectivity index (χ4v) is 11.9. The second-order valence-corrected chi connectivity index (χ2v) is 17.6. The molecule has 1 saturated carbocycles. The fourth-order valence-electron chi connectivity index (χ4n) is 6.81. The van der Waals surface area contributed by atoms with Gasteiger partial charge in [-0.05, 0) is 66.1 Å². The van der Waals surface area contributed by atoms with E-state index in [0.717, 1.165) is 47.7 Å². The lowest BCUT2D eigenvalue weighted by Crippen LogP contribution is -2.51. The minimum absolute atomic E-state index is 0.178. The maximum absolute atomic E-state index is 13.7. The molecule has 3 aromatic rings. The number of anilines is 1. The molecule has 6 heteroatoms. The van der Waals surface area contributed by atoms with Gasteiger partial charge in [-0.15, -0.1) is 0 Å². The minimum Gasteiger partial charge on any atom is -0.335 e. The third-order valence-electron chi connectivity index (χ3n) is 9.51. The molecular formula is C39H57N3O2P+. The van der Waals surface area contributed by atoms with Crippen LogP contribution in [0, 0.1) is 0 Å². The fraction of sp³-hybridized carbons (Fsp3) is 0.538. The van der Waals surface area contributed by atoms with Gasteiger partial charge in [0.1, 0.15) is 6.04 Å². The van der Waals surface area contributed by atoms with Gasteiger partial charge in [0, 0.05) is 25.4 Å². The van der Waals surface area contributed by atoms with Crippen LogP contribution in [-0.2, 0) is 17.4 Å². The van der Waals surface area contributed by atoms with E-state index in [1.54, 1.807) is 0 Å². The third-order valence-corrected chi connectivity index (χ3v) is 14.3. The molecule has 0 radical (unpaired) electrons. The van der Waals surface area contributed by atoms with Crippen LogP contribution in [0.25, 0.3) is 10.8 Å². The Morgan fingerprint density at radius 2 is 1.36 bits per heavy atom. The summed E-state index contributed by atoms with van der Waals surface area (Å²) in [5.74, 6) is -0.189. The number of carbonyl (C=O) groups is 2. The van der Waals surface area contributed by atoms with E-state index in [-0.39, 0.29) is 18.0 Å². The van der Waals surface area contributed by atoms with Crippen molar-refractivity contribution in [2.24, 2.45) is 0 Å². The predicted molar refractivity (Wildman–Crippen MR) is 195 cm³/mol. The lowest BCUT2D eigenvalue weighted by Gasteiger charge is -2.28. The number of amides is 3. The molecule has 3 N–H and O–H groups in total. The summed E-state index contributed by atoms with van der Waals surface area (Å²) in [4.78, 5) is 26.8. The van der Waals surface area contributed by atoms with Crippen LogP contribution in [0.15, 0.2) is 66.7 Å². The first-order valence-electron chi connectivity index (χ1n) is 17.7. The van der Waals surface area contributed by atoms with E-state index in [9.17, 15) is 9.59 Å². The summed E-state index contributed by atoms with van der Waals surface area (Å²) in [6, 6.07) is 22.3. The van der Waals surface area contributed by atoms with Crippen LogP contribution in [-0.4, -0.2) is 42.5 Å². The van der Waals surface area contributed by atoms with E-state index in [1.165, 1.54) is 75.2 Å². The molecule has 0 bridgehead atoms. The summed E-state index contributed by atoms with van der Waals surface area (Å²) in [6.07, 6.45) is 19.1. The van der Waals surface area contributed by atoms with Crippen LogP contribution in [0.5, 0.6) is 0 Å². The zero-order valence-electron chi connectivity index (χ0n) is 28.1. The number of unbranched alkanes of at least 4 members (excludes halogenated alkanes) is 3. The normalized spacial score (nSPS) is 14.6. The average Bonchev–Trinajstić information content (AvgIpc) is 3.06. The summed E-state index contributed by atoms with van der Waals surface area (Å²) in [6.45, 7) is 6.94. The lowest BCUT2D eigenvalue weighted by molar-refractivity contribution is -0.117.